The average Bonchev–Trinajstić information content (AvgIpc) is 2.61. The molecule has 1 atom stereocenters. The van der Waals surface area contributed by atoms with Crippen LogP contribution in [0.2, 0.25) is 0 Å². The van der Waals surface area contributed by atoms with Crippen molar-refractivity contribution in [2.24, 2.45) is 5.73 Å². The Balaban J connectivity index is 1.64. The first-order chi connectivity index (χ1) is 12.0. The largest absolute Gasteiger partial charge is 0.376 e. The summed E-state index contributed by atoms with van der Waals surface area (Å²) in [6.45, 7) is 2.66. The zero-order chi connectivity index (χ0) is 18.0. The lowest BCUT2D eigenvalue weighted by Gasteiger charge is -2.35. The second-order valence-electron chi connectivity index (χ2n) is 6.15. The maximum Gasteiger partial charge on any atom is 0.248 e. The summed E-state index contributed by atoms with van der Waals surface area (Å²) in [5.41, 5.74) is 8.31. The molecular formula is C19H20FN3O2. The second-order valence-corrected chi connectivity index (χ2v) is 6.15. The standard InChI is InChI=1S/C19H20FN3O2/c1-12-17-10-15(20)5-2-13(17)8-9-23(12)18(24)11-22-16-6-3-14(4-7-16)19(21)25/h2-7,10,12,22H,8-9,11H2,1H3,(H2,21,25)/t12-/m1/s1. The lowest BCUT2D eigenvalue weighted by molar-refractivity contribution is -0.131. The number of nitrogens with zero attached hydrogens (tertiary/aromatic N) is 1. The van der Waals surface area contributed by atoms with Crippen molar-refractivity contribution in [3.63, 3.8) is 0 Å². The third kappa shape index (κ3) is 3.63. The molecule has 0 saturated carbocycles. The highest BCUT2D eigenvalue weighted by Gasteiger charge is 2.27. The molecule has 1 aliphatic rings. The summed E-state index contributed by atoms with van der Waals surface area (Å²) in [6.07, 6.45) is 0.721. The second kappa shape index (κ2) is 6.93. The Morgan fingerprint density at radius 2 is 1.96 bits per heavy atom. The fourth-order valence-electron chi connectivity index (χ4n) is 3.16. The molecular weight excluding hydrogens is 321 g/mol. The van der Waals surface area contributed by atoms with Gasteiger partial charge in [-0.1, -0.05) is 6.07 Å². The van der Waals surface area contributed by atoms with Gasteiger partial charge in [-0.2, -0.15) is 0 Å². The van der Waals surface area contributed by atoms with Gasteiger partial charge in [0.1, 0.15) is 5.82 Å². The summed E-state index contributed by atoms with van der Waals surface area (Å²) >= 11 is 0. The topological polar surface area (TPSA) is 75.4 Å². The van der Waals surface area contributed by atoms with Gasteiger partial charge < -0.3 is 16.0 Å². The van der Waals surface area contributed by atoms with Crippen molar-refractivity contribution in [3.8, 4) is 0 Å². The van der Waals surface area contributed by atoms with Gasteiger partial charge >= 0.3 is 0 Å². The molecule has 6 heteroatoms. The van der Waals surface area contributed by atoms with Crippen LogP contribution in [0, 0.1) is 5.82 Å². The SMILES string of the molecule is C[C@@H]1c2cc(F)ccc2CCN1C(=O)CNc1ccc(C(N)=O)cc1. The van der Waals surface area contributed by atoms with Crippen LogP contribution in [0.4, 0.5) is 10.1 Å². The maximum absolute atomic E-state index is 13.5. The monoisotopic (exact) mass is 341 g/mol. The Hall–Kier alpha value is -2.89. The van der Waals surface area contributed by atoms with E-state index in [0.717, 1.165) is 23.2 Å². The van der Waals surface area contributed by atoms with Crippen LogP contribution >= 0.6 is 0 Å². The molecule has 2 aromatic rings. The maximum atomic E-state index is 13.5. The number of hydrogen-bond acceptors (Lipinski definition) is 3. The van der Waals surface area contributed by atoms with Crippen LogP contribution in [-0.2, 0) is 11.2 Å². The third-order valence-corrected chi connectivity index (χ3v) is 4.58. The van der Waals surface area contributed by atoms with Gasteiger partial charge in [-0.05, 0) is 60.9 Å². The first-order valence-electron chi connectivity index (χ1n) is 8.17. The number of hydrogen-bond donors (Lipinski definition) is 2. The highest BCUT2D eigenvalue weighted by atomic mass is 19.1. The van der Waals surface area contributed by atoms with E-state index in [-0.39, 0.29) is 24.3 Å². The lowest BCUT2D eigenvalue weighted by Crippen LogP contribution is -2.41. The van der Waals surface area contributed by atoms with Crippen LogP contribution in [0.3, 0.4) is 0 Å². The summed E-state index contributed by atoms with van der Waals surface area (Å²) in [7, 11) is 0. The van der Waals surface area contributed by atoms with Crippen LogP contribution < -0.4 is 11.1 Å². The van der Waals surface area contributed by atoms with E-state index >= 15 is 0 Å². The molecule has 0 saturated heterocycles. The molecule has 0 unspecified atom stereocenters. The van der Waals surface area contributed by atoms with Gasteiger partial charge in [0, 0.05) is 17.8 Å². The number of rotatable bonds is 4. The number of benzene rings is 2. The number of anilines is 1. The summed E-state index contributed by atoms with van der Waals surface area (Å²) in [5.74, 6) is -0.829. The van der Waals surface area contributed by atoms with Gasteiger partial charge in [-0.15, -0.1) is 0 Å². The van der Waals surface area contributed by atoms with E-state index < -0.39 is 5.91 Å². The fourth-order valence-corrected chi connectivity index (χ4v) is 3.16. The lowest BCUT2D eigenvalue weighted by atomic mass is 9.93. The first kappa shape index (κ1) is 17.0. The Kier molecular flexibility index (Phi) is 4.70. The quantitative estimate of drug-likeness (QED) is 0.897. The minimum Gasteiger partial charge on any atom is -0.376 e. The van der Waals surface area contributed by atoms with E-state index in [9.17, 15) is 14.0 Å². The molecule has 0 bridgehead atoms. The number of nitrogens with two attached hydrogens (primary N) is 1. The summed E-state index contributed by atoms with van der Waals surface area (Å²) in [6, 6.07) is 11.2. The van der Waals surface area contributed by atoms with E-state index in [1.807, 2.05) is 6.92 Å². The highest BCUT2D eigenvalue weighted by Crippen LogP contribution is 2.30. The Labute approximate surface area is 145 Å². The van der Waals surface area contributed by atoms with Crippen LogP contribution in [0.5, 0.6) is 0 Å². The van der Waals surface area contributed by atoms with Crippen LogP contribution in [0.1, 0.15) is 34.5 Å². The molecule has 1 heterocycles. The van der Waals surface area contributed by atoms with E-state index in [2.05, 4.69) is 5.32 Å². The fraction of sp³-hybridized carbons (Fsp3) is 0.263. The molecule has 3 N–H and O–H groups in total. The van der Waals surface area contributed by atoms with Crippen molar-refractivity contribution >= 4 is 17.5 Å². The van der Waals surface area contributed by atoms with Gasteiger partial charge in [-0.3, -0.25) is 9.59 Å². The Morgan fingerprint density at radius 1 is 1.24 bits per heavy atom. The summed E-state index contributed by atoms with van der Waals surface area (Å²) in [4.78, 5) is 25.4. The van der Waals surface area contributed by atoms with E-state index in [0.29, 0.717) is 12.1 Å². The van der Waals surface area contributed by atoms with Gasteiger partial charge in [-0.25, -0.2) is 4.39 Å². The van der Waals surface area contributed by atoms with Gasteiger partial charge in [0.2, 0.25) is 11.8 Å². The first-order valence-corrected chi connectivity index (χ1v) is 8.17. The van der Waals surface area contributed by atoms with Crippen molar-refractivity contribution in [1.82, 2.24) is 4.90 Å². The number of primary amides is 1. The number of nitrogens with one attached hydrogen (secondary N) is 1. The van der Waals surface area contributed by atoms with E-state index in [4.69, 9.17) is 5.73 Å². The van der Waals surface area contributed by atoms with E-state index in [1.54, 1.807) is 35.2 Å². The van der Waals surface area contributed by atoms with Gasteiger partial charge in [0.25, 0.3) is 0 Å². The molecule has 0 radical (unpaired) electrons. The number of amides is 2. The number of fused-ring (bicyclic) bond motifs is 1. The molecule has 3 rings (SSSR count). The molecule has 5 nitrogen and oxygen atoms in total. The molecule has 25 heavy (non-hydrogen) atoms. The van der Waals surface area contributed by atoms with Crippen LogP contribution in [-0.4, -0.2) is 29.8 Å². The molecule has 0 aromatic heterocycles. The average molecular weight is 341 g/mol. The zero-order valence-electron chi connectivity index (χ0n) is 14.0. The number of carbonyl (C=O) groups excluding carboxylic acids is 2. The van der Waals surface area contributed by atoms with Crippen LogP contribution in [0.15, 0.2) is 42.5 Å². The summed E-state index contributed by atoms with van der Waals surface area (Å²) < 4.78 is 13.5. The minimum absolute atomic E-state index is 0.0543. The van der Waals surface area contributed by atoms with Crippen molar-refractivity contribution in [2.45, 2.75) is 19.4 Å². The zero-order valence-corrected chi connectivity index (χ0v) is 14.0. The van der Waals surface area contributed by atoms with Crippen molar-refractivity contribution < 1.29 is 14.0 Å². The van der Waals surface area contributed by atoms with E-state index in [1.165, 1.54) is 12.1 Å². The predicted molar refractivity (Wildman–Crippen MR) is 93.7 cm³/mol. The molecule has 2 aromatic carbocycles. The van der Waals surface area contributed by atoms with Crippen molar-refractivity contribution in [1.29, 1.82) is 0 Å². The van der Waals surface area contributed by atoms with Crippen molar-refractivity contribution in [3.05, 3.63) is 65.0 Å². The van der Waals surface area contributed by atoms with Gasteiger partial charge in [0.05, 0.1) is 12.6 Å². The third-order valence-electron chi connectivity index (χ3n) is 4.58. The molecule has 0 spiro atoms. The molecule has 130 valence electrons. The van der Waals surface area contributed by atoms with Crippen LogP contribution in [0.25, 0.3) is 0 Å². The molecule has 0 fully saturated rings. The van der Waals surface area contributed by atoms with Gasteiger partial charge in [0.15, 0.2) is 0 Å². The normalized spacial score (nSPS) is 16.2. The Morgan fingerprint density at radius 3 is 2.64 bits per heavy atom. The summed E-state index contributed by atoms with van der Waals surface area (Å²) in [5, 5.41) is 3.05. The number of halogens is 1. The smallest absolute Gasteiger partial charge is 0.248 e. The number of carbonyl (C=O) groups is 2. The minimum atomic E-state index is -0.490. The molecule has 1 aliphatic heterocycles. The molecule has 0 aliphatic carbocycles. The Bertz CT molecular complexity index is 805. The molecule has 2 amide bonds. The van der Waals surface area contributed by atoms with Crippen molar-refractivity contribution in [2.75, 3.05) is 18.4 Å². The predicted octanol–water partition coefficient (Wildman–Crippen LogP) is 2.48. The highest BCUT2D eigenvalue weighted by molar-refractivity contribution is 5.93.